The van der Waals surface area contributed by atoms with E-state index in [2.05, 4.69) is 38.7 Å². The van der Waals surface area contributed by atoms with E-state index in [-0.39, 0.29) is 12.5 Å². The molecular formula is C30H38BrN3O4. The molecule has 0 fully saturated rings. The number of nitrogens with one attached hydrogen (secondary N) is 2. The Morgan fingerprint density at radius 3 is 2.29 bits per heavy atom. The second-order valence-corrected chi connectivity index (χ2v) is 9.91. The molecule has 0 aliphatic heterocycles. The Bertz CT molecular complexity index is 1070. The van der Waals surface area contributed by atoms with Crippen LogP contribution in [0.5, 0.6) is 5.75 Å². The minimum atomic E-state index is -0.537. The molecule has 0 aliphatic rings. The minimum absolute atomic E-state index is 0.142. The Morgan fingerprint density at radius 2 is 1.58 bits per heavy atom. The fourth-order valence-electron chi connectivity index (χ4n) is 3.66. The summed E-state index contributed by atoms with van der Waals surface area (Å²) in [4.78, 5) is 36.3. The van der Waals surface area contributed by atoms with E-state index in [1.807, 2.05) is 30.3 Å². The van der Waals surface area contributed by atoms with Crippen LogP contribution >= 0.6 is 15.9 Å². The smallest absolute Gasteiger partial charge is 0.336 e. The zero-order valence-corrected chi connectivity index (χ0v) is 23.7. The molecule has 204 valence electrons. The third-order valence-electron chi connectivity index (χ3n) is 5.74. The number of amides is 2. The van der Waals surface area contributed by atoms with Gasteiger partial charge in [0.25, 0.3) is 5.91 Å². The number of hydrazone groups is 1. The summed E-state index contributed by atoms with van der Waals surface area (Å²) in [7, 11) is 0. The number of nitrogens with zero attached hydrogens (tertiary/aromatic N) is 1. The van der Waals surface area contributed by atoms with Gasteiger partial charge in [0, 0.05) is 22.5 Å². The molecule has 2 N–H and O–H groups in total. The van der Waals surface area contributed by atoms with Crippen molar-refractivity contribution in [3.63, 3.8) is 0 Å². The second-order valence-electron chi connectivity index (χ2n) is 9.00. The van der Waals surface area contributed by atoms with Crippen LogP contribution in [-0.4, -0.2) is 30.5 Å². The van der Waals surface area contributed by atoms with Gasteiger partial charge in [-0.25, -0.2) is 10.2 Å². The van der Waals surface area contributed by atoms with Gasteiger partial charge in [-0.3, -0.25) is 9.59 Å². The largest absolute Gasteiger partial charge is 0.423 e. The standard InChI is InChI=1S/C30H38BrN3O4/c1-2-3-4-5-6-7-8-9-13-16-28(35)32-23-29(36)34-33-22-25-21-26(31)18-19-27(25)38-30(37)20-17-24-14-11-10-12-15-24/h10-12,14-15,17-22H,2-9,13,16,23H2,1H3,(H,32,35)(H,34,36)/b20-17+,33-22+. The van der Waals surface area contributed by atoms with Crippen molar-refractivity contribution < 1.29 is 19.1 Å². The molecule has 2 rings (SSSR count). The summed E-state index contributed by atoms with van der Waals surface area (Å²) in [6, 6.07) is 14.5. The van der Waals surface area contributed by atoms with Crippen molar-refractivity contribution in [3.8, 4) is 5.75 Å². The van der Waals surface area contributed by atoms with Crippen LogP contribution in [0.3, 0.4) is 0 Å². The fraction of sp³-hybridized carbons (Fsp3) is 0.400. The summed E-state index contributed by atoms with van der Waals surface area (Å²) in [6.45, 7) is 2.06. The molecule has 38 heavy (non-hydrogen) atoms. The van der Waals surface area contributed by atoms with Crippen LogP contribution in [0.15, 0.2) is 64.2 Å². The average Bonchev–Trinajstić information content (AvgIpc) is 2.92. The van der Waals surface area contributed by atoms with Crippen LogP contribution in [-0.2, 0) is 14.4 Å². The number of benzene rings is 2. The number of esters is 1. The second kappa shape index (κ2) is 18.9. The maximum Gasteiger partial charge on any atom is 0.336 e. The Hall–Kier alpha value is -3.26. The Morgan fingerprint density at radius 1 is 0.895 bits per heavy atom. The van der Waals surface area contributed by atoms with Crippen LogP contribution in [0.2, 0.25) is 0 Å². The number of halogens is 1. The van der Waals surface area contributed by atoms with Crippen LogP contribution in [0.4, 0.5) is 0 Å². The van der Waals surface area contributed by atoms with E-state index in [1.165, 1.54) is 50.8 Å². The molecule has 0 heterocycles. The first-order chi connectivity index (χ1) is 18.5. The molecule has 0 spiro atoms. The van der Waals surface area contributed by atoms with Gasteiger partial charge in [-0.2, -0.15) is 5.10 Å². The van der Waals surface area contributed by atoms with Crippen molar-refractivity contribution in [1.82, 2.24) is 10.7 Å². The maximum atomic E-state index is 12.3. The number of carbonyl (C=O) groups is 3. The first kappa shape index (κ1) is 31.0. The lowest BCUT2D eigenvalue weighted by Gasteiger charge is -2.07. The molecule has 0 radical (unpaired) electrons. The van der Waals surface area contributed by atoms with E-state index in [0.29, 0.717) is 17.7 Å². The summed E-state index contributed by atoms with van der Waals surface area (Å²) in [5, 5.41) is 6.56. The van der Waals surface area contributed by atoms with E-state index in [4.69, 9.17) is 4.74 Å². The molecule has 2 amide bonds. The topological polar surface area (TPSA) is 96.9 Å². The van der Waals surface area contributed by atoms with Crippen molar-refractivity contribution >= 4 is 46.0 Å². The highest BCUT2D eigenvalue weighted by Crippen LogP contribution is 2.22. The molecule has 7 nitrogen and oxygen atoms in total. The van der Waals surface area contributed by atoms with Gasteiger partial charge in [0.2, 0.25) is 5.91 Å². The van der Waals surface area contributed by atoms with Gasteiger partial charge >= 0.3 is 5.97 Å². The van der Waals surface area contributed by atoms with E-state index in [0.717, 1.165) is 29.3 Å². The molecule has 0 atom stereocenters. The third-order valence-corrected chi connectivity index (χ3v) is 6.23. The Balaban J connectivity index is 1.70. The van der Waals surface area contributed by atoms with Gasteiger partial charge in [-0.1, -0.05) is 105 Å². The number of hydrogen-bond donors (Lipinski definition) is 2. The first-order valence-electron chi connectivity index (χ1n) is 13.3. The minimum Gasteiger partial charge on any atom is -0.423 e. The summed E-state index contributed by atoms with van der Waals surface area (Å²) in [6.07, 6.45) is 15.5. The maximum absolute atomic E-state index is 12.3. The molecule has 2 aromatic carbocycles. The SMILES string of the molecule is CCCCCCCCCCCC(=O)NCC(=O)N/N=C/c1cc(Br)ccc1OC(=O)/C=C/c1ccccc1. The monoisotopic (exact) mass is 583 g/mol. The summed E-state index contributed by atoms with van der Waals surface area (Å²) >= 11 is 3.38. The lowest BCUT2D eigenvalue weighted by molar-refractivity contribution is -0.129. The molecule has 0 saturated carbocycles. The number of carbonyl (C=O) groups excluding carboxylic acids is 3. The third kappa shape index (κ3) is 13.9. The average molecular weight is 585 g/mol. The molecule has 2 aromatic rings. The van der Waals surface area contributed by atoms with Gasteiger partial charge < -0.3 is 10.1 Å². The molecular weight excluding hydrogens is 546 g/mol. The van der Waals surface area contributed by atoms with Crippen LogP contribution in [0, 0.1) is 0 Å². The lowest BCUT2D eigenvalue weighted by Crippen LogP contribution is -2.34. The van der Waals surface area contributed by atoms with E-state index in [9.17, 15) is 14.4 Å². The summed E-state index contributed by atoms with van der Waals surface area (Å²) in [5.74, 6) is -0.828. The zero-order chi connectivity index (χ0) is 27.4. The van der Waals surface area contributed by atoms with E-state index in [1.54, 1.807) is 24.3 Å². The number of hydrogen-bond acceptors (Lipinski definition) is 5. The zero-order valence-electron chi connectivity index (χ0n) is 22.1. The van der Waals surface area contributed by atoms with E-state index < -0.39 is 11.9 Å². The highest BCUT2D eigenvalue weighted by atomic mass is 79.9. The molecule has 0 aromatic heterocycles. The van der Waals surface area contributed by atoms with Gasteiger partial charge in [0.05, 0.1) is 12.8 Å². The van der Waals surface area contributed by atoms with Crippen LogP contribution in [0.1, 0.15) is 82.3 Å². The van der Waals surface area contributed by atoms with E-state index >= 15 is 0 Å². The van der Waals surface area contributed by atoms with Crippen molar-refractivity contribution in [2.45, 2.75) is 71.1 Å². The normalized spacial score (nSPS) is 11.1. The fourth-order valence-corrected chi connectivity index (χ4v) is 4.04. The number of ether oxygens (including phenoxy) is 1. The Labute approximate surface area is 234 Å². The predicted molar refractivity (Wildman–Crippen MR) is 156 cm³/mol. The van der Waals surface area contributed by atoms with Crippen molar-refractivity contribution in [3.05, 3.63) is 70.2 Å². The highest BCUT2D eigenvalue weighted by Gasteiger charge is 2.08. The van der Waals surface area contributed by atoms with Crippen molar-refractivity contribution in [2.75, 3.05) is 6.54 Å². The van der Waals surface area contributed by atoms with Gasteiger partial charge in [0.15, 0.2) is 0 Å². The molecule has 0 aliphatic carbocycles. The molecule has 0 bridgehead atoms. The molecule has 0 saturated heterocycles. The summed E-state index contributed by atoms with van der Waals surface area (Å²) in [5.41, 5.74) is 3.76. The Kier molecular flexibility index (Phi) is 15.4. The quantitative estimate of drug-likeness (QED) is 0.0550. The predicted octanol–water partition coefficient (Wildman–Crippen LogP) is 6.56. The summed E-state index contributed by atoms with van der Waals surface area (Å²) < 4.78 is 6.19. The van der Waals surface area contributed by atoms with Crippen molar-refractivity contribution in [1.29, 1.82) is 0 Å². The van der Waals surface area contributed by atoms with Gasteiger partial charge in [0.1, 0.15) is 5.75 Å². The lowest BCUT2D eigenvalue weighted by atomic mass is 10.1. The van der Waals surface area contributed by atoms with Crippen LogP contribution < -0.4 is 15.5 Å². The number of rotatable bonds is 17. The van der Waals surface area contributed by atoms with Crippen LogP contribution in [0.25, 0.3) is 6.08 Å². The number of unbranched alkanes of at least 4 members (excludes halogenated alkanes) is 8. The van der Waals surface area contributed by atoms with Gasteiger partial charge in [-0.05, 0) is 36.3 Å². The first-order valence-corrected chi connectivity index (χ1v) is 14.1. The molecule has 0 unspecified atom stereocenters. The van der Waals surface area contributed by atoms with Crippen molar-refractivity contribution in [2.24, 2.45) is 5.10 Å². The molecule has 8 heteroatoms. The van der Waals surface area contributed by atoms with Gasteiger partial charge in [-0.15, -0.1) is 0 Å². The highest BCUT2D eigenvalue weighted by molar-refractivity contribution is 9.10.